The van der Waals surface area contributed by atoms with E-state index in [9.17, 15) is 9.59 Å². The van der Waals surface area contributed by atoms with Gasteiger partial charge >= 0.3 is 0 Å². The van der Waals surface area contributed by atoms with E-state index in [2.05, 4.69) is 10.3 Å². The number of nitrogens with one attached hydrogen (secondary N) is 2. The van der Waals surface area contributed by atoms with Gasteiger partial charge in [0, 0.05) is 67.5 Å². The first-order valence-electron chi connectivity index (χ1n) is 10.4. The normalized spacial score (nSPS) is 19.9. The highest BCUT2D eigenvalue weighted by Crippen LogP contribution is 2.44. The molecule has 0 radical (unpaired) electrons. The Morgan fingerprint density at radius 3 is 2.73 bits per heavy atom. The van der Waals surface area contributed by atoms with Crippen molar-refractivity contribution in [3.05, 3.63) is 65.9 Å². The van der Waals surface area contributed by atoms with Gasteiger partial charge in [-0.05, 0) is 30.3 Å². The number of likely N-dealkylation sites (tertiary alicyclic amines) is 1. The summed E-state index contributed by atoms with van der Waals surface area (Å²) < 4.78 is 6.46. The third-order valence-electron chi connectivity index (χ3n) is 6.44. The van der Waals surface area contributed by atoms with Gasteiger partial charge in [0.05, 0.1) is 6.04 Å². The summed E-state index contributed by atoms with van der Waals surface area (Å²) in [6, 6.07) is 15.5. The Balaban J connectivity index is 1.40. The zero-order valence-electron chi connectivity index (χ0n) is 17.0. The number of piperidine rings is 1. The summed E-state index contributed by atoms with van der Waals surface area (Å²) in [5.41, 5.74) is 2.31. The molecule has 2 aliphatic heterocycles. The molecule has 154 valence electrons. The molecule has 2 aliphatic rings. The fourth-order valence-corrected chi connectivity index (χ4v) is 4.72. The molecule has 1 atom stereocenters. The molecule has 3 aromatic rings. The maximum absolute atomic E-state index is 13.1. The van der Waals surface area contributed by atoms with Crippen molar-refractivity contribution in [2.24, 2.45) is 0 Å². The molecule has 1 unspecified atom stereocenters. The number of benzene rings is 2. The van der Waals surface area contributed by atoms with E-state index in [0.29, 0.717) is 25.1 Å². The average molecular weight is 403 g/mol. The van der Waals surface area contributed by atoms with Gasteiger partial charge in [-0.2, -0.15) is 0 Å². The average Bonchev–Trinajstić information content (AvgIpc) is 3.22. The summed E-state index contributed by atoms with van der Waals surface area (Å²) in [4.78, 5) is 29.8. The van der Waals surface area contributed by atoms with Gasteiger partial charge in [-0.3, -0.25) is 9.59 Å². The van der Waals surface area contributed by atoms with Gasteiger partial charge in [0.25, 0.3) is 5.91 Å². The van der Waals surface area contributed by atoms with E-state index in [1.165, 1.54) is 0 Å². The van der Waals surface area contributed by atoms with Crippen LogP contribution in [0.1, 0.15) is 48.1 Å². The molecule has 6 nitrogen and oxygen atoms in total. The molecular formula is C24H25N3O3. The van der Waals surface area contributed by atoms with Crippen LogP contribution in [0.2, 0.25) is 0 Å². The molecule has 1 saturated heterocycles. The van der Waals surface area contributed by atoms with Gasteiger partial charge in [-0.1, -0.05) is 18.2 Å². The molecule has 0 bridgehead atoms. The first-order chi connectivity index (χ1) is 14.5. The van der Waals surface area contributed by atoms with Crippen molar-refractivity contribution < 1.29 is 14.3 Å². The van der Waals surface area contributed by atoms with Crippen molar-refractivity contribution in [2.75, 3.05) is 13.1 Å². The smallest absolute Gasteiger partial charge is 0.251 e. The van der Waals surface area contributed by atoms with E-state index in [4.69, 9.17) is 4.74 Å². The number of amides is 2. The van der Waals surface area contributed by atoms with E-state index < -0.39 is 0 Å². The van der Waals surface area contributed by atoms with Gasteiger partial charge < -0.3 is 19.9 Å². The topological polar surface area (TPSA) is 74.4 Å². The van der Waals surface area contributed by atoms with Crippen molar-refractivity contribution in [1.82, 2.24) is 15.2 Å². The number of hydrogen-bond acceptors (Lipinski definition) is 3. The van der Waals surface area contributed by atoms with Crippen molar-refractivity contribution in [2.45, 2.75) is 37.8 Å². The van der Waals surface area contributed by atoms with E-state index in [1.54, 1.807) is 6.92 Å². The first-order valence-corrected chi connectivity index (χ1v) is 10.4. The number of para-hydroxylation sites is 1. The van der Waals surface area contributed by atoms with Crippen LogP contribution in [-0.4, -0.2) is 40.4 Å². The molecule has 2 aromatic carbocycles. The molecule has 0 saturated carbocycles. The number of hydrogen-bond donors (Lipinski definition) is 2. The lowest BCUT2D eigenvalue weighted by Gasteiger charge is -2.46. The largest absolute Gasteiger partial charge is 0.487 e. The number of fused-ring (bicyclic) bond motifs is 2. The molecule has 1 aromatic heterocycles. The lowest BCUT2D eigenvalue weighted by atomic mass is 9.80. The fourth-order valence-electron chi connectivity index (χ4n) is 4.72. The number of aromatic amines is 1. The monoisotopic (exact) mass is 403 g/mol. The number of carbonyl (C=O) groups excluding carboxylic acids is 2. The quantitative estimate of drug-likeness (QED) is 0.683. The highest BCUT2D eigenvalue weighted by Gasteiger charge is 2.44. The molecule has 6 heteroatoms. The summed E-state index contributed by atoms with van der Waals surface area (Å²) in [6.45, 7) is 2.98. The van der Waals surface area contributed by atoms with Crippen LogP contribution >= 0.6 is 0 Å². The summed E-state index contributed by atoms with van der Waals surface area (Å²) in [7, 11) is 0. The van der Waals surface area contributed by atoms with Gasteiger partial charge in [0.1, 0.15) is 11.4 Å². The van der Waals surface area contributed by atoms with Gasteiger partial charge in [-0.25, -0.2) is 0 Å². The third kappa shape index (κ3) is 3.32. The Morgan fingerprint density at radius 2 is 1.93 bits per heavy atom. The summed E-state index contributed by atoms with van der Waals surface area (Å²) in [5.74, 6) is 0.841. The fraction of sp³-hybridized carbons (Fsp3) is 0.333. The Bertz CT molecular complexity index is 1110. The molecule has 2 amide bonds. The van der Waals surface area contributed by atoms with Crippen LogP contribution in [0.15, 0.2) is 54.7 Å². The van der Waals surface area contributed by atoms with Gasteiger partial charge in [0.15, 0.2) is 0 Å². The zero-order valence-corrected chi connectivity index (χ0v) is 17.0. The third-order valence-corrected chi connectivity index (χ3v) is 6.44. The minimum Gasteiger partial charge on any atom is -0.487 e. The van der Waals surface area contributed by atoms with E-state index in [0.717, 1.165) is 35.1 Å². The number of H-pyrrole nitrogens is 1. The van der Waals surface area contributed by atoms with Crippen LogP contribution in [0, 0.1) is 0 Å². The van der Waals surface area contributed by atoms with Crippen molar-refractivity contribution in [3.63, 3.8) is 0 Å². The van der Waals surface area contributed by atoms with Crippen LogP contribution in [0.25, 0.3) is 10.9 Å². The van der Waals surface area contributed by atoms with Crippen LogP contribution in [0.3, 0.4) is 0 Å². The molecule has 3 heterocycles. The number of ether oxygens (including phenoxy) is 1. The summed E-state index contributed by atoms with van der Waals surface area (Å²) in [6.07, 6.45) is 4.11. The van der Waals surface area contributed by atoms with Crippen molar-refractivity contribution in [3.8, 4) is 5.75 Å². The second kappa shape index (κ2) is 7.20. The lowest BCUT2D eigenvalue weighted by Crippen LogP contribution is -2.53. The zero-order chi connectivity index (χ0) is 20.7. The highest BCUT2D eigenvalue weighted by atomic mass is 16.5. The second-order valence-electron chi connectivity index (χ2n) is 8.34. The highest BCUT2D eigenvalue weighted by molar-refractivity contribution is 5.98. The molecule has 5 rings (SSSR count). The van der Waals surface area contributed by atoms with Crippen LogP contribution < -0.4 is 10.1 Å². The molecule has 0 aliphatic carbocycles. The van der Waals surface area contributed by atoms with E-state index >= 15 is 0 Å². The van der Waals surface area contributed by atoms with E-state index in [1.807, 2.05) is 59.6 Å². The second-order valence-corrected chi connectivity index (χ2v) is 8.34. The molecule has 30 heavy (non-hydrogen) atoms. The Kier molecular flexibility index (Phi) is 4.50. The minimum atomic E-state index is -0.358. The molecule has 1 fully saturated rings. The Labute approximate surface area is 175 Å². The predicted octanol–water partition coefficient (Wildman–Crippen LogP) is 3.80. The number of nitrogens with zero attached hydrogens (tertiary/aromatic N) is 1. The lowest BCUT2D eigenvalue weighted by molar-refractivity contribution is -0.132. The van der Waals surface area contributed by atoms with Crippen molar-refractivity contribution in [1.29, 1.82) is 0 Å². The Morgan fingerprint density at radius 1 is 1.13 bits per heavy atom. The van der Waals surface area contributed by atoms with Crippen molar-refractivity contribution >= 4 is 22.7 Å². The summed E-state index contributed by atoms with van der Waals surface area (Å²) in [5, 5.41) is 4.26. The standard InChI is InChI=1S/C24H25N3O3/c1-16(28)27-12-9-24(10-13-27)15-21(19-4-2-3-5-22(19)30-24)26-23(29)18-6-7-20-17(14-18)8-11-25-20/h2-8,11,14,21,25H,9-10,12-13,15H2,1H3,(H,26,29). The van der Waals surface area contributed by atoms with Crippen LogP contribution in [-0.2, 0) is 4.79 Å². The van der Waals surface area contributed by atoms with Crippen LogP contribution in [0.5, 0.6) is 5.75 Å². The van der Waals surface area contributed by atoms with Gasteiger partial charge in [0.2, 0.25) is 5.91 Å². The number of carbonyl (C=O) groups is 2. The predicted molar refractivity (Wildman–Crippen MR) is 114 cm³/mol. The van der Waals surface area contributed by atoms with E-state index in [-0.39, 0.29) is 23.5 Å². The maximum Gasteiger partial charge on any atom is 0.251 e. The number of aromatic nitrogens is 1. The van der Waals surface area contributed by atoms with Gasteiger partial charge in [-0.15, -0.1) is 0 Å². The first kappa shape index (κ1) is 18.7. The molecular weight excluding hydrogens is 378 g/mol. The SMILES string of the molecule is CC(=O)N1CCC2(CC1)CC(NC(=O)c1ccc3[nH]ccc3c1)c1ccccc1O2. The number of rotatable bonds is 2. The van der Waals surface area contributed by atoms with Crippen LogP contribution in [0.4, 0.5) is 0 Å². The molecule has 2 N–H and O–H groups in total. The minimum absolute atomic E-state index is 0.0869. The Hall–Kier alpha value is -3.28. The molecule has 1 spiro atoms. The summed E-state index contributed by atoms with van der Waals surface area (Å²) >= 11 is 0. The maximum atomic E-state index is 13.1.